The van der Waals surface area contributed by atoms with Crippen LogP contribution in [0.2, 0.25) is 0 Å². The number of H-pyrrole nitrogens is 1. The van der Waals surface area contributed by atoms with Crippen LogP contribution in [-0.4, -0.2) is 64.3 Å². The van der Waals surface area contributed by atoms with Crippen LogP contribution in [0.15, 0.2) is 41.8 Å². The molecule has 1 aromatic carbocycles. The number of fused-ring (bicyclic) bond motifs is 1. The van der Waals surface area contributed by atoms with Crippen molar-refractivity contribution in [1.29, 1.82) is 0 Å². The average molecular weight is 422 g/mol. The number of anilines is 1. The number of para-hydroxylation sites is 1. The predicted molar refractivity (Wildman–Crippen MR) is 124 cm³/mol. The van der Waals surface area contributed by atoms with Crippen LogP contribution in [0.4, 0.5) is 5.69 Å². The molecule has 1 aliphatic rings. The van der Waals surface area contributed by atoms with E-state index in [-0.39, 0.29) is 5.91 Å². The molecule has 2 aromatic heterocycles. The lowest BCUT2D eigenvalue weighted by atomic mass is 10.1. The Labute approximate surface area is 182 Å². The quantitative estimate of drug-likeness (QED) is 0.473. The maximum atomic E-state index is 12.8. The van der Waals surface area contributed by atoms with Gasteiger partial charge in [-0.2, -0.15) is 5.10 Å². The highest BCUT2D eigenvalue weighted by Gasteiger charge is 2.27. The minimum atomic E-state index is 0.0635. The van der Waals surface area contributed by atoms with Crippen LogP contribution in [0.3, 0.4) is 0 Å². The maximum Gasteiger partial charge on any atom is 0.246 e. The molecule has 0 atom stereocenters. The Morgan fingerprint density at radius 1 is 1.26 bits per heavy atom. The summed E-state index contributed by atoms with van der Waals surface area (Å²) in [5.41, 5.74) is 4.70. The molecule has 1 amide bonds. The number of guanidine groups is 1. The van der Waals surface area contributed by atoms with Crippen molar-refractivity contribution in [3.63, 3.8) is 0 Å². The monoisotopic (exact) mass is 421 g/mol. The van der Waals surface area contributed by atoms with Crippen molar-refractivity contribution in [1.82, 2.24) is 25.0 Å². The highest BCUT2D eigenvalue weighted by molar-refractivity contribution is 5.98. The smallest absolute Gasteiger partial charge is 0.246 e. The number of aliphatic imine (C=N–C) groups is 1. The van der Waals surface area contributed by atoms with Crippen LogP contribution in [0.5, 0.6) is 0 Å². The number of hydrogen-bond donors (Lipinski definition) is 2. The van der Waals surface area contributed by atoms with Gasteiger partial charge in [0.1, 0.15) is 6.54 Å². The third kappa shape index (κ3) is 4.42. The Balaban J connectivity index is 1.43. The van der Waals surface area contributed by atoms with E-state index in [9.17, 15) is 4.79 Å². The van der Waals surface area contributed by atoms with Crippen molar-refractivity contribution in [2.45, 2.75) is 26.7 Å². The molecule has 0 saturated carbocycles. The largest absolute Gasteiger partial charge is 0.361 e. The van der Waals surface area contributed by atoms with Gasteiger partial charge in [-0.05, 0) is 30.9 Å². The van der Waals surface area contributed by atoms with Gasteiger partial charge in [0.15, 0.2) is 5.96 Å². The van der Waals surface area contributed by atoms with E-state index in [1.54, 1.807) is 15.8 Å². The summed E-state index contributed by atoms with van der Waals surface area (Å²) in [4.78, 5) is 24.9. The number of aromatic nitrogens is 3. The Kier molecular flexibility index (Phi) is 6.25. The molecule has 1 fully saturated rings. The van der Waals surface area contributed by atoms with Crippen LogP contribution in [-0.2, 0) is 24.7 Å². The molecular formula is C23H31N7O. The highest BCUT2D eigenvalue weighted by atomic mass is 16.2. The number of nitrogens with zero attached hydrogens (tertiary/aromatic N) is 5. The number of aryl methyl sites for hydroxylation is 2. The molecule has 0 radical (unpaired) electrons. The number of piperazine rings is 1. The standard InChI is InChI=1S/C23H31N7O/c1-4-17-7-6-8-20-18(13-26-22(17)20)9-10-25-23(24-5-2)29-11-12-30(21(31)16-29)19-14-27-28(3)15-19/h6-8,13-15,26H,4-5,9-12,16H2,1-3H3,(H,24,25). The van der Waals surface area contributed by atoms with Crippen LogP contribution in [0.1, 0.15) is 25.0 Å². The number of aromatic amines is 1. The zero-order chi connectivity index (χ0) is 21.8. The third-order valence-corrected chi connectivity index (χ3v) is 5.77. The van der Waals surface area contributed by atoms with Crippen LogP contribution < -0.4 is 10.2 Å². The fraction of sp³-hybridized carbons (Fsp3) is 0.435. The Morgan fingerprint density at radius 3 is 2.84 bits per heavy atom. The molecule has 3 aromatic rings. The van der Waals surface area contributed by atoms with Gasteiger partial charge in [0.25, 0.3) is 0 Å². The van der Waals surface area contributed by atoms with E-state index in [1.807, 2.05) is 18.1 Å². The first-order valence-corrected chi connectivity index (χ1v) is 11.0. The van der Waals surface area contributed by atoms with Gasteiger partial charge < -0.3 is 20.1 Å². The summed E-state index contributed by atoms with van der Waals surface area (Å²) in [7, 11) is 1.86. The molecule has 3 heterocycles. The van der Waals surface area contributed by atoms with E-state index >= 15 is 0 Å². The number of rotatable bonds is 6. The van der Waals surface area contributed by atoms with Gasteiger partial charge >= 0.3 is 0 Å². The molecule has 164 valence electrons. The van der Waals surface area contributed by atoms with E-state index in [1.165, 1.54) is 22.0 Å². The first-order valence-electron chi connectivity index (χ1n) is 11.0. The van der Waals surface area contributed by atoms with Crippen molar-refractivity contribution in [3.8, 4) is 0 Å². The van der Waals surface area contributed by atoms with E-state index in [0.717, 1.165) is 37.6 Å². The Hall–Kier alpha value is -3.29. The summed E-state index contributed by atoms with van der Waals surface area (Å²) in [6.07, 6.45) is 7.57. The fourth-order valence-corrected chi connectivity index (χ4v) is 4.16. The van der Waals surface area contributed by atoms with Gasteiger partial charge in [0, 0.05) is 56.5 Å². The molecule has 0 bridgehead atoms. The molecule has 2 N–H and O–H groups in total. The molecule has 0 spiro atoms. The minimum Gasteiger partial charge on any atom is -0.361 e. The Bertz CT molecular complexity index is 1080. The summed E-state index contributed by atoms with van der Waals surface area (Å²) >= 11 is 0. The summed E-state index contributed by atoms with van der Waals surface area (Å²) in [5.74, 6) is 0.865. The fourth-order valence-electron chi connectivity index (χ4n) is 4.16. The molecule has 8 nitrogen and oxygen atoms in total. The summed E-state index contributed by atoms with van der Waals surface area (Å²) in [6.45, 7) is 7.34. The van der Waals surface area contributed by atoms with Crippen LogP contribution >= 0.6 is 0 Å². The lowest BCUT2D eigenvalue weighted by molar-refractivity contribution is -0.120. The van der Waals surface area contributed by atoms with E-state index in [0.29, 0.717) is 19.6 Å². The number of benzene rings is 1. The number of carbonyl (C=O) groups excluding carboxylic acids is 1. The SMILES string of the molecule is CCNC(=NCCc1c[nH]c2c(CC)cccc12)N1CCN(c2cnn(C)c2)C(=O)C1. The molecular weight excluding hydrogens is 390 g/mol. The molecule has 0 aliphatic carbocycles. The van der Waals surface area contributed by atoms with Gasteiger partial charge in [-0.15, -0.1) is 0 Å². The van der Waals surface area contributed by atoms with Gasteiger partial charge in [-0.25, -0.2) is 0 Å². The zero-order valence-corrected chi connectivity index (χ0v) is 18.6. The summed E-state index contributed by atoms with van der Waals surface area (Å²) in [6, 6.07) is 6.47. The van der Waals surface area contributed by atoms with Gasteiger partial charge in [0.2, 0.25) is 5.91 Å². The predicted octanol–water partition coefficient (Wildman–Crippen LogP) is 2.32. The van der Waals surface area contributed by atoms with Gasteiger partial charge in [-0.3, -0.25) is 14.5 Å². The van der Waals surface area contributed by atoms with Crippen molar-refractivity contribution in [3.05, 3.63) is 47.9 Å². The molecule has 31 heavy (non-hydrogen) atoms. The number of amides is 1. The van der Waals surface area contributed by atoms with Crippen molar-refractivity contribution in [2.75, 3.05) is 37.6 Å². The Morgan fingerprint density at radius 2 is 2.13 bits per heavy atom. The second-order valence-corrected chi connectivity index (χ2v) is 7.83. The van der Waals surface area contributed by atoms with Crippen molar-refractivity contribution < 1.29 is 4.79 Å². The van der Waals surface area contributed by atoms with E-state index in [4.69, 9.17) is 4.99 Å². The van der Waals surface area contributed by atoms with Crippen LogP contribution in [0.25, 0.3) is 10.9 Å². The summed E-state index contributed by atoms with van der Waals surface area (Å²) in [5, 5.41) is 8.80. The van der Waals surface area contributed by atoms with Gasteiger partial charge in [0.05, 0.1) is 11.9 Å². The van der Waals surface area contributed by atoms with E-state index in [2.05, 4.69) is 53.6 Å². The first kappa shape index (κ1) is 21.0. The lowest BCUT2D eigenvalue weighted by Gasteiger charge is -2.35. The number of nitrogens with one attached hydrogen (secondary N) is 2. The van der Waals surface area contributed by atoms with Crippen molar-refractivity contribution >= 4 is 28.5 Å². The number of hydrogen-bond acceptors (Lipinski definition) is 3. The molecule has 1 saturated heterocycles. The van der Waals surface area contributed by atoms with Gasteiger partial charge in [-0.1, -0.05) is 25.1 Å². The second kappa shape index (κ2) is 9.24. The normalized spacial score (nSPS) is 15.2. The topological polar surface area (TPSA) is 81.6 Å². The zero-order valence-electron chi connectivity index (χ0n) is 18.6. The van der Waals surface area contributed by atoms with Crippen molar-refractivity contribution in [2.24, 2.45) is 12.0 Å². The van der Waals surface area contributed by atoms with E-state index < -0.39 is 0 Å². The molecule has 0 unspecified atom stereocenters. The summed E-state index contributed by atoms with van der Waals surface area (Å²) < 4.78 is 1.72. The second-order valence-electron chi connectivity index (χ2n) is 7.83. The van der Waals surface area contributed by atoms with Crippen LogP contribution in [0, 0.1) is 0 Å². The minimum absolute atomic E-state index is 0.0635. The third-order valence-electron chi connectivity index (χ3n) is 5.77. The molecule has 8 heteroatoms. The highest BCUT2D eigenvalue weighted by Crippen LogP contribution is 2.22. The maximum absolute atomic E-state index is 12.8. The number of carbonyl (C=O) groups is 1. The lowest BCUT2D eigenvalue weighted by Crippen LogP contribution is -2.55. The molecule has 1 aliphatic heterocycles. The first-order chi connectivity index (χ1) is 15.1. The molecule has 4 rings (SSSR count). The average Bonchev–Trinajstić information content (AvgIpc) is 3.39.